The van der Waals surface area contributed by atoms with E-state index in [1.807, 2.05) is 32.7 Å². The van der Waals surface area contributed by atoms with Crippen LogP contribution in [-0.4, -0.2) is 23.1 Å². The molecule has 1 aromatic rings. The van der Waals surface area contributed by atoms with Gasteiger partial charge in [0.05, 0.1) is 12.5 Å². The fourth-order valence-corrected chi connectivity index (χ4v) is 1.41. The zero-order valence-electron chi connectivity index (χ0n) is 10.8. The zero-order chi connectivity index (χ0) is 13.0. The fraction of sp³-hybridized carbons (Fsp3) is 0.583. The van der Waals surface area contributed by atoms with Crippen molar-refractivity contribution in [3.8, 4) is 6.07 Å². The standard InChI is InChI=1S/C12H19N5/c1-8(2)12-15-10(14)7-11(16-12)17(4)9(3)5-6-13/h7-9H,5H2,1-4H3,(H2,14,15,16). The predicted octanol–water partition coefficient (Wildman–Crippen LogP) is 1.92. The van der Waals surface area contributed by atoms with Crippen molar-refractivity contribution in [3.05, 3.63) is 11.9 Å². The summed E-state index contributed by atoms with van der Waals surface area (Å²) in [5.41, 5.74) is 5.77. The van der Waals surface area contributed by atoms with Gasteiger partial charge in [0.1, 0.15) is 17.5 Å². The van der Waals surface area contributed by atoms with Crippen molar-refractivity contribution in [3.63, 3.8) is 0 Å². The Morgan fingerprint density at radius 2 is 2.06 bits per heavy atom. The molecule has 1 aromatic heterocycles. The Labute approximate surface area is 102 Å². The van der Waals surface area contributed by atoms with E-state index >= 15 is 0 Å². The number of rotatable bonds is 4. The van der Waals surface area contributed by atoms with Gasteiger partial charge in [0, 0.05) is 25.1 Å². The first-order valence-corrected chi connectivity index (χ1v) is 5.70. The van der Waals surface area contributed by atoms with E-state index in [2.05, 4.69) is 16.0 Å². The molecule has 1 unspecified atom stereocenters. The van der Waals surface area contributed by atoms with Crippen LogP contribution < -0.4 is 10.6 Å². The van der Waals surface area contributed by atoms with Crippen LogP contribution in [0.5, 0.6) is 0 Å². The minimum Gasteiger partial charge on any atom is -0.384 e. The van der Waals surface area contributed by atoms with Crippen molar-refractivity contribution in [2.45, 2.75) is 39.2 Å². The number of hydrogen-bond donors (Lipinski definition) is 1. The molecule has 1 heterocycles. The van der Waals surface area contributed by atoms with Gasteiger partial charge in [0.2, 0.25) is 0 Å². The Bertz CT molecular complexity index is 421. The van der Waals surface area contributed by atoms with Gasteiger partial charge in [-0.2, -0.15) is 5.26 Å². The molecule has 0 bridgehead atoms. The molecule has 0 amide bonds. The van der Waals surface area contributed by atoms with Crippen LogP contribution in [0.3, 0.4) is 0 Å². The highest BCUT2D eigenvalue weighted by molar-refractivity contribution is 5.47. The van der Waals surface area contributed by atoms with E-state index in [0.717, 1.165) is 11.6 Å². The number of nitrogen functional groups attached to an aromatic ring is 1. The number of aromatic nitrogens is 2. The van der Waals surface area contributed by atoms with Gasteiger partial charge in [0.15, 0.2) is 0 Å². The van der Waals surface area contributed by atoms with Crippen LogP contribution >= 0.6 is 0 Å². The Balaban J connectivity index is 3.01. The number of anilines is 2. The molecule has 2 N–H and O–H groups in total. The molecule has 0 radical (unpaired) electrons. The van der Waals surface area contributed by atoms with Gasteiger partial charge >= 0.3 is 0 Å². The average molecular weight is 233 g/mol. The number of nitriles is 1. The van der Waals surface area contributed by atoms with Crippen molar-refractivity contribution in [1.82, 2.24) is 9.97 Å². The van der Waals surface area contributed by atoms with Gasteiger partial charge in [-0.15, -0.1) is 0 Å². The van der Waals surface area contributed by atoms with Gasteiger partial charge in [-0.25, -0.2) is 9.97 Å². The van der Waals surface area contributed by atoms with Crippen LogP contribution in [0.1, 0.15) is 38.9 Å². The van der Waals surface area contributed by atoms with Crippen molar-refractivity contribution in [2.24, 2.45) is 0 Å². The molecule has 0 fully saturated rings. The molecule has 1 rings (SSSR count). The third kappa shape index (κ3) is 3.31. The molecule has 0 aliphatic carbocycles. The molecule has 0 aliphatic heterocycles. The molecular weight excluding hydrogens is 214 g/mol. The number of nitrogens with two attached hydrogens (primary N) is 1. The summed E-state index contributed by atoms with van der Waals surface area (Å²) in [7, 11) is 1.91. The van der Waals surface area contributed by atoms with Crippen molar-refractivity contribution < 1.29 is 0 Å². The van der Waals surface area contributed by atoms with Crippen LogP contribution in [-0.2, 0) is 0 Å². The third-order valence-electron chi connectivity index (χ3n) is 2.68. The second-order valence-corrected chi connectivity index (χ2v) is 4.49. The summed E-state index contributed by atoms with van der Waals surface area (Å²) < 4.78 is 0. The van der Waals surface area contributed by atoms with Crippen LogP contribution in [0.25, 0.3) is 0 Å². The Morgan fingerprint density at radius 3 is 2.59 bits per heavy atom. The summed E-state index contributed by atoms with van der Waals surface area (Å²) >= 11 is 0. The van der Waals surface area contributed by atoms with Crippen LogP contribution in [0.15, 0.2) is 6.07 Å². The van der Waals surface area contributed by atoms with E-state index in [1.165, 1.54) is 0 Å². The zero-order valence-corrected chi connectivity index (χ0v) is 10.8. The Morgan fingerprint density at radius 1 is 1.41 bits per heavy atom. The largest absolute Gasteiger partial charge is 0.384 e. The highest BCUT2D eigenvalue weighted by Crippen LogP contribution is 2.19. The molecule has 0 spiro atoms. The summed E-state index contributed by atoms with van der Waals surface area (Å²) in [5.74, 6) is 2.20. The molecule has 5 nitrogen and oxygen atoms in total. The third-order valence-corrected chi connectivity index (χ3v) is 2.68. The number of nitrogens with zero attached hydrogens (tertiary/aromatic N) is 4. The summed E-state index contributed by atoms with van der Waals surface area (Å²) in [6.45, 7) is 6.03. The van der Waals surface area contributed by atoms with Gasteiger partial charge in [-0.3, -0.25) is 0 Å². The van der Waals surface area contributed by atoms with Crippen molar-refractivity contribution >= 4 is 11.6 Å². The van der Waals surface area contributed by atoms with Crippen molar-refractivity contribution in [2.75, 3.05) is 17.7 Å². The van der Waals surface area contributed by atoms with E-state index < -0.39 is 0 Å². The summed E-state index contributed by atoms with van der Waals surface area (Å²) in [5, 5.41) is 8.70. The van der Waals surface area contributed by atoms with Crippen LogP contribution in [0, 0.1) is 11.3 Å². The minimum atomic E-state index is 0.106. The lowest BCUT2D eigenvalue weighted by Crippen LogP contribution is -2.29. The second-order valence-electron chi connectivity index (χ2n) is 4.49. The fourth-order valence-electron chi connectivity index (χ4n) is 1.41. The first kappa shape index (κ1) is 13.2. The highest BCUT2D eigenvalue weighted by atomic mass is 15.2. The smallest absolute Gasteiger partial charge is 0.135 e. The minimum absolute atomic E-state index is 0.106. The SMILES string of the molecule is CC(C)c1nc(N)cc(N(C)C(C)CC#N)n1. The van der Waals surface area contributed by atoms with Crippen LogP contribution in [0.2, 0.25) is 0 Å². The summed E-state index contributed by atoms with van der Waals surface area (Å²) in [6.07, 6.45) is 0.456. The van der Waals surface area contributed by atoms with E-state index in [1.54, 1.807) is 6.07 Å². The Hall–Kier alpha value is -1.83. The first-order valence-electron chi connectivity index (χ1n) is 5.70. The molecule has 0 saturated heterocycles. The molecule has 5 heteroatoms. The van der Waals surface area contributed by atoms with Gasteiger partial charge < -0.3 is 10.6 Å². The number of hydrogen-bond acceptors (Lipinski definition) is 5. The van der Waals surface area contributed by atoms with E-state index in [0.29, 0.717) is 12.2 Å². The van der Waals surface area contributed by atoms with E-state index in [4.69, 9.17) is 11.0 Å². The van der Waals surface area contributed by atoms with Gasteiger partial charge in [0.25, 0.3) is 0 Å². The van der Waals surface area contributed by atoms with E-state index in [-0.39, 0.29) is 12.0 Å². The molecule has 0 aliphatic rings. The second kappa shape index (κ2) is 5.48. The first-order chi connectivity index (χ1) is 7.95. The van der Waals surface area contributed by atoms with Gasteiger partial charge in [-0.1, -0.05) is 13.8 Å². The maximum absolute atomic E-state index is 8.70. The molecule has 17 heavy (non-hydrogen) atoms. The normalized spacial score (nSPS) is 12.2. The molecule has 0 saturated carbocycles. The lowest BCUT2D eigenvalue weighted by atomic mass is 10.2. The highest BCUT2D eigenvalue weighted by Gasteiger charge is 2.14. The Kier molecular flexibility index (Phi) is 4.27. The lowest BCUT2D eigenvalue weighted by molar-refractivity contribution is 0.683. The maximum atomic E-state index is 8.70. The molecule has 1 atom stereocenters. The quantitative estimate of drug-likeness (QED) is 0.859. The molecular formula is C12H19N5. The molecule has 0 aromatic carbocycles. The van der Waals surface area contributed by atoms with Crippen LogP contribution in [0.4, 0.5) is 11.6 Å². The maximum Gasteiger partial charge on any atom is 0.135 e. The van der Waals surface area contributed by atoms with Crippen molar-refractivity contribution in [1.29, 1.82) is 5.26 Å². The van der Waals surface area contributed by atoms with Gasteiger partial charge in [-0.05, 0) is 6.92 Å². The summed E-state index contributed by atoms with van der Waals surface area (Å²) in [4.78, 5) is 10.6. The molecule has 92 valence electrons. The summed E-state index contributed by atoms with van der Waals surface area (Å²) in [6, 6.07) is 4.00. The lowest BCUT2D eigenvalue weighted by Gasteiger charge is -2.24. The predicted molar refractivity (Wildman–Crippen MR) is 68.6 cm³/mol. The van der Waals surface area contributed by atoms with E-state index in [9.17, 15) is 0 Å². The topological polar surface area (TPSA) is 78.8 Å². The monoisotopic (exact) mass is 233 g/mol. The average Bonchev–Trinajstić information content (AvgIpc) is 2.27.